The molecular weight excluding hydrogens is 372 g/mol. The van der Waals surface area contributed by atoms with Gasteiger partial charge < -0.3 is 14.8 Å². The molecule has 0 aliphatic heterocycles. The van der Waals surface area contributed by atoms with Gasteiger partial charge in [-0.15, -0.1) is 0 Å². The molecule has 0 fully saturated rings. The van der Waals surface area contributed by atoms with Gasteiger partial charge in [-0.25, -0.2) is 9.97 Å². The van der Waals surface area contributed by atoms with Crippen molar-refractivity contribution in [3.8, 4) is 0 Å². The third kappa shape index (κ3) is 4.84. The van der Waals surface area contributed by atoms with Crippen molar-refractivity contribution in [1.29, 1.82) is 0 Å². The first kappa shape index (κ1) is 18.4. The molecule has 136 valence electrons. The van der Waals surface area contributed by atoms with Crippen molar-refractivity contribution in [2.45, 2.75) is 20.2 Å². The minimum atomic E-state index is -0.324. The lowest BCUT2D eigenvalue weighted by Crippen LogP contribution is -2.10. The number of nitrogens with one attached hydrogen (secondary N) is 1. The van der Waals surface area contributed by atoms with E-state index in [4.69, 9.17) is 21.7 Å². The molecule has 1 aromatic carbocycles. The molecule has 0 aliphatic carbocycles. The van der Waals surface area contributed by atoms with E-state index in [9.17, 15) is 4.79 Å². The lowest BCUT2D eigenvalue weighted by molar-refractivity contribution is -0.142. The molecule has 0 spiro atoms. The molecule has 0 unspecified atom stereocenters. The summed E-state index contributed by atoms with van der Waals surface area (Å²) >= 11 is 6.83. The fourth-order valence-corrected chi connectivity index (χ4v) is 3.32. The first-order valence-electron chi connectivity index (χ1n) is 7.98. The van der Waals surface area contributed by atoms with Crippen molar-refractivity contribution in [3.05, 3.63) is 46.0 Å². The number of rotatable bonds is 8. The Balaban J connectivity index is 1.67. The standard InChI is InChI=1S/C17H18N4O3S2/c1-12(22)24-8-7-23-11-21-10-19-14-15(21)20-17(26-16(14)25)18-9-13-5-3-2-4-6-13/h2-6,10H,7-9,11H2,1H3,(H,18,20). The van der Waals surface area contributed by atoms with E-state index >= 15 is 0 Å². The highest BCUT2D eigenvalue weighted by Crippen LogP contribution is 2.22. The van der Waals surface area contributed by atoms with Gasteiger partial charge in [0.15, 0.2) is 10.8 Å². The molecule has 2 heterocycles. The zero-order valence-electron chi connectivity index (χ0n) is 14.2. The zero-order valence-corrected chi connectivity index (χ0v) is 15.8. The molecule has 26 heavy (non-hydrogen) atoms. The van der Waals surface area contributed by atoms with Gasteiger partial charge in [0, 0.05) is 13.5 Å². The number of carbonyl (C=O) groups is 1. The van der Waals surface area contributed by atoms with Gasteiger partial charge >= 0.3 is 5.97 Å². The average molecular weight is 390 g/mol. The number of hydrogen-bond acceptors (Lipinski definition) is 8. The van der Waals surface area contributed by atoms with Crippen molar-refractivity contribution in [3.63, 3.8) is 0 Å². The summed E-state index contributed by atoms with van der Waals surface area (Å²) in [5, 5.41) is 4.03. The lowest BCUT2D eigenvalue weighted by atomic mass is 10.2. The molecule has 3 rings (SSSR count). The fourth-order valence-electron chi connectivity index (χ4n) is 2.24. The summed E-state index contributed by atoms with van der Waals surface area (Å²) in [7, 11) is 0. The largest absolute Gasteiger partial charge is 0.463 e. The Morgan fingerprint density at radius 3 is 2.88 bits per heavy atom. The van der Waals surface area contributed by atoms with Crippen molar-refractivity contribution in [1.82, 2.24) is 14.5 Å². The van der Waals surface area contributed by atoms with E-state index in [1.54, 1.807) is 10.9 Å². The van der Waals surface area contributed by atoms with Crippen molar-refractivity contribution >= 4 is 45.8 Å². The topological polar surface area (TPSA) is 78.3 Å². The number of carbonyl (C=O) groups excluding carboxylic acids is 1. The SMILES string of the molecule is CC(=O)OCCOCn1cnc2c(=S)sc(NCc3ccccc3)nc21. The number of benzene rings is 1. The summed E-state index contributed by atoms with van der Waals surface area (Å²) in [6.45, 7) is 2.80. The second-order valence-corrected chi connectivity index (χ2v) is 7.08. The summed E-state index contributed by atoms with van der Waals surface area (Å²) < 4.78 is 12.8. The Morgan fingerprint density at radius 2 is 2.12 bits per heavy atom. The first-order chi connectivity index (χ1) is 12.6. The highest BCUT2D eigenvalue weighted by molar-refractivity contribution is 7.74. The number of ether oxygens (including phenoxy) is 2. The smallest absolute Gasteiger partial charge is 0.302 e. The number of hydrogen-bond donors (Lipinski definition) is 1. The summed E-state index contributed by atoms with van der Waals surface area (Å²) in [6, 6.07) is 10.1. The van der Waals surface area contributed by atoms with Crippen LogP contribution in [0.25, 0.3) is 11.2 Å². The van der Waals surface area contributed by atoms with Crippen LogP contribution in [0.4, 0.5) is 5.13 Å². The van der Waals surface area contributed by atoms with Gasteiger partial charge in [0.1, 0.15) is 22.7 Å². The van der Waals surface area contributed by atoms with Gasteiger partial charge in [-0.3, -0.25) is 9.36 Å². The third-order valence-electron chi connectivity index (χ3n) is 3.45. The predicted octanol–water partition coefficient (Wildman–Crippen LogP) is 3.37. The Bertz CT molecular complexity index is 940. The normalized spacial score (nSPS) is 10.8. The van der Waals surface area contributed by atoms with E-state index in [2.05, 4.69) is 15.3 Å². The van der Waals surface area contributed by atoms with Crippen LogP contribution in [0.2, 0.25) is 0 Å². The quantitative estimate of drug-likeness (QED) is 0.359. The summed E-state index contributed by atoms with van der Waals surface area (Å²) in [4.78, 5) is 19.7. The van der Waals surface area contributed by atoms with E-state index < -0.39 is 0 Å². The maximum Gasteiger partial charge on any atom is 0.302 e. The van der Waals surface area contributed by atoms with Crippen molar-refractivity contribution in [2.24, 2.45) is 0 Å². The van der Waals surface area contributed by atoms with E-state index in [1.807, 2.05) is 30.3 Å². The van der Waals surface area contributed by atoms with Crippen LogP contribution in [-0.4, -0.2) is 33.7 Å². The minimum absolute atomic E-state index is 0.216. The van der Waals surface area contributed by atoms with E-state index in [0.717, 1.165) is 10.7 Å². The van der Waals surface area contributed by atoms with Crippen LogP contribution < -0.4 is 5.32 Å². The molecule has 0 bridgehead atoms. The van der Waals surface area contributed by atoms with Crippen LogP contribution in [0.15, 0.2) is 36.7 Å². The molecule has 0 atom stereocenters. The van der Waals surface area contributed by atoms with Crippen LogP contribution >= 0.6 is 23.6 Å². The molecule has 3 aromatic rings. The number of esters is 1. The number of imidazole rings is 1. The monoisotopic (exact) mass is 390 g/mol. The van der Waals surface area contributed by atoms with Gasteiger partial charge in [-0.05, 0) is 5.56 Å². The molecular formula is C17H18N4O3S2. The number of aromatic nitrogens is 3. The highest BCUT2D eigenvalue weighted by Gasteiger charge is 2.09. The minimum Gasteiger partial charge on any atom is -0.463 e. The Kier molecular flexibility index (Phi) is 6.26. The van der Waals surface area contributed by atoms with E-state index in [1.165, 1.54) is 18.3 Å². The van der Waals surface area contributed by atoms with Crippen LogP contribution in [0.5, 0.6) is 0 Å². The van der Waals surface area contributed by atoms with Gasteiger partial charge in [-0.2, -0.15) is 0 Å². The molecule has 0 aliphatic rings. The third-order valence-corrected chi connectivity index (χ3v) is 4.70. The van der Waals surface area contributed by atoms with Gasteiger partial charge in [-0.1, -0.05) is 53.9 Å². The molecule has 0 radical (unpaired) electrons. The number of nitrogens with zero attached hydrogens (tertiary/aromatic N) is 3. The maximum atomic E-state index is 10.7. The summed E-state index contributed by atoms with van der Waals surface area (Å²) in [6.07, 6.45) is 1.65. The molecule has 7 nitrogen and oxygen atoms in total. The second-order valence-electron chi connectivity index (χ2n) is 5.41. The Morgan fingerprint density at radius 1 is 1.31 bits per heavy atom. The summed E-state index contributed by atoms with van der Waals surface area (Å²) in [5.41, 5.74) is 2.51. The molecule has 0 amide bonds. The van der Waals surface area contributed by atoms with Crippen LogP contribution in [-0.2, 0) is 27.5 Å². The van der Waals surface area contributed by atoms with Crippen molar-refractivity contribution < 1.29 is 14.3 Å². The summed E-state index contributed by atoms with van der Waals surface area (Å²) in [5.74, 6) is -0.324. The first-order valence-corrected chi connectivity index (χ1v) is 9.21. The Labute approximate surface area is 159 Å². The average Bonchev–Trinajstić information content (AvgIpc) is 3.04. The Hall–Kier alpha value is -2.36. The number of fused-ring (bicyclic) bond motifs is 1. The number of anilines is 1. The van der Waals surface area contributed by atoms with Gasteiger partial charge in [0.25, 0.3) is 0 Å². The molecule has 2 aromatic heterocycles. The van der Waals surface area contributed by atoms with Gasteiger partial charge in [0.2, 0.25) is 0 Å². The van der Waals surface area contributed by atoms with Crippen molar-refractivity contribution in [2.75, 3.05) is 18.5 Å². The zero-order chi connectivity index (χ0) is 18.4. The van der Waals surface area contributed by atoms with Crippen LogP contribution in [0.1, 0.15) is 12.5 Å². The fraction of sp³-hybridized carbons (Fsp3) is 0.294. The molecule has 1 N–H and O–H groups in total. The second kappa shape index (κ2) is 8.84. The maximum absolute atomic E-state index is 10.7. The molecule has 0 saturated heterocycles. The van der Waals surface area contributed by atoms with Crippen LogP contribution in [0, 0.1) is 3.82 Å². The highest BCUT2D eigenvalue weighted by atomic mass is 32.1. The predicted molar refractivity (Wildman–Crippen MR) is 103 cm³/mol. The lowest BCUT2D eigenvalue weighted by Gasteiger charge is -2.08. The molecule has 9 heteroatoms. The van der Waals surface area contributed by atoms with Gasteiger partial charge in [0.05, 0.1) is 12.9 Å². The van der Waals surface area contributed by atoms with E-state index in [0.29, 0.717) is 28.1 Å². The van der Waals surface area contributed by atoms with E-state index in [-0.39, 0.29) is 19.3 Å². The van der Waals surface area contributed by atoms with Crippen LogP contribution in [0.3, 0.4) is 0 Å². The molecule has 0 saturated carbocycles.